The number of nitrogens with zero attached hydrogens (tertiary/aromatic N) is 3. The first kappa shape index (κ1) is 19.7. The van der Waals surface area contributed by atoms with Crippen LogP contribution in [0.25, 0.3) is 0 Å². The van der Waals surface area contributed by atoms with Gasteiger partial charge < -0.3 is 14.2 Å². The van der Waals surface area contributed by atoms with Crippen LogP contribution in [-0.4, -0.2) is 53.1 Å². The maximum Gasteiger partial charge on any atom is 0.255 e. The first-order chi connectivity index (χ1) is 14.5. The number of carbonyl (C=O) groups excluding carboxylic acids is 1. The van der Waals surface area contributed by atoms with Gasteiger partial charge in [0.05, 0.1) is 12.7 Å². The van der Waals surface area contributed by atoms with Crippen molar-refractivity contribution in [2.75, 3.05) is 26.7 Å². The topological polar surface area (TPSA) is 37.7 Å². The molecule has 3 aliphatic rings. The van der Waals surface area contributed by atoms with E-state index in [0.29, 0.717) is 23.9 Å². The van der Waals surface area contributed by atoms with Crippen molar-refractivity contribution < 1.29 is 9.53 Å². The van der Waals surface area contributed by atoms with Crippen molar-refractivity contribution in [1.29, 1.82) is 0 Å². The number of likely N-dealkylation sites (tertiary alicyclic amines) is 1. The van der Waals surface area contributed by atoms with Crippen LogP contribution >= 0.6 is 0 Å². The summed E-state index contributed by atoms with van der Waals surface area (Å²) in [6, 6.07) is 11.7. The smallest absolute Gasteiger partial charge is 0.255 e. The summed E-state index contributed by atoms with van der Waals surface area (Å²) in [6.45, 7) is 4.94. The molecule has 0 unspecified atom stereocenters. The van der Waals surface area contributed by atoms with Crippen molar-refractivity contribution in [1.82, 2.24) is 14.4 Å². The molecule has 4 heterocycles. The van der Waals surface area contributed by atoms with Crippen LogP contribution in [0.5, 0.6) is 5.75 Å². The standard InChI is InChI=1S/C25H33N3O2/c1-17-22(11-12-26(17)2)25(29)27-14-18-13-20(16-27)24-6-4-5-23(28(24)15-18)19-7-9-21(30-3)10-8-19/h7-12,18,20,23-24H,4-6,13-16H2,1-3H3/t18-,20+,23+,24-/m0/s1. The third-order valence-corrected chi connectivity index (χ3v) is 7.79. The number of hydrogen-bond donors (Lipinski definition) is 0. The molecule has 3 fully saturated rings. The van der Waals surface area contributed by atoms with E-state index in [2.05, 4.69) is 34.1 Å². The van der Waals surface area contributed by atoms with Crippen LogP contribution in [-0.2, 0) is 7.05 Å². The minimum absolute atomic E-state index is 0.221. The molecule has 0 saturated carbocycles. The van der Waals surface area contributed by atoms with Gasteiger partial charge in [-0.05, 0) is 68.2 Å². The lowest BCUT2D eigenvalue weighted by atomic mass is 9.74. The molecule has 30 heavy (non-hydrogen) atoms. The first-order valence-electron chi connectivity index (χ1n) is 11.4. The van der Waals surface area contributed by atoms with Gasteiger partial charge in [-0.3, -0.25) is 9.69 Å². The Morgan fingerprint density at radius 3 is 2.57 bits per heavy atom. The van der Waals surface area contributed by atoms with Gasteiger partial charge in [-0.2, -0.15) is 0 Å². The molecule has 1 aromatic heterocycles. The Hall–Kier alpha value is -2.27. The van der Waals surface area contributed by atoms with Gasteiger partial charge in [0.15, 0.2) is 0 Å². The largest absolute Gasteiger partial charge is 0.497 e. The number of carbonyl (C=O) groups is 1. The third kappa shape index (κ3) is 3.33. The summed E-state index contributed by atoms with van der Waals surface area (Å²) >= 11 is 0. The molecule has 2 bridgehead atoms. The van der Waals surface area contributed by atoms with Crippen LogP contribution in [0.15, 0.2) is 36.5 Å². The number of aryl methyl sites for hydroxylation is 1. The molecule has 5 heteroatoms. The van der Waals surface area contributed by atoms with Crippen LogP contribution < -0.4 is 4.74 Å². The fourth-order valence-corrected chi connectivity index (χ4v) is 6.16. The van der Waals surface area contributed by atoms with E-state index >= 15 is 0 Å². The fraction of sp³-hybridized carbons (Fsp3) is 0.560. The zero-order chi connectivity index (χ0) is 20.8. The van der Waals surface area contributed by atoms with E-state index < -0.39 is 0 Å². The molecular formula is C25H33N3O2. The molecule has 2 aromatic rings. The average Bonchev–Trinajstić information content (AvgIpc) is 3.11. The number of ether oxygens (including phenoxy) is 1. The zero-order valence-electron chi connectivity index (χ0n) is 18.4. The maximum atomic E-state index is 13.3. The summed E-state index contributed by atoms with van der Waals surface area (Å²) in [6.07, 6.45) is 7.03. The van der Waals surface area contributed by atoms with Crippen molar-refractivity contribution in [3.05, 3.63) is 53.3 Å². The Kier molecular flexibility index (Phi) is 5.10. The monoisotopic (exact) mass is 407 g/mol. The highest BCUT2D eigenvalue weighted by molar-refractivity contribution is 5.95. The Labute approximate surface area is 179 Å². The number of amides is 1. The van der Waals surface area contributed by atoms with E-state index in [4.69, 9.17) is 4.74 Å². The van der Waals surface area contributed by atoms with Gasteiger partial charge in [0.25, 0.3) is 5.91 Å². The predicted octanol–water partition coefficient (Wildman–Crippen LogP) is 4.03. The van der Waals surface area contributed by atoms with Gasteiger partial charge in [0.1, 0.15) is 5.75 Å². The summed E-state index contributed by atoms with van der Waals surface area (Å²) in [5.74, 6) is 2.31. The molecule has 0 spiro atoms. The third-order valence-electron chi connectivity index (χ3n) is 7.79. The molecule has 3 saturated heterocycles. The number of piperidine rings is 3. The second kappa shape index (κ2) is 7.77. The van der Waals surface area contributed by atoms with Crippen molar-refractivity contribution in [3.63, 3.8) is 0 Å². The van der Waals surface area contributed by atoms with Crippen LogP contribution in [0.4, 0.5) is 0 Å². The number of rotatable bonds is 3. The second-order valence-electron chi connectivity index (χ2n) is 9.48. The van der Waals surface area contributed by atoms with E-state index in [1.54, 1.807) is 7.11 Å². The minimum Gasteiger partial charge on any atom is -0.497 e. The number of aromatic nitrogens is 1. The van der Waals surface area contributed by atoms with E-state index in [-0.39, 0.29) is 5.91 Å². The van der Waals surface area contributed by atoms with Crippen molar-refractivity contribution in [2.45, 2.75) is 44.7 Å². The number of benzene rings is 1. The number of fused-ring (bicyclic) bond motifs is 4. The molecule has 0 radical (unpaired) electrons. The Bertz CT molecular complexity index is 919. The van der Waals surface area contributed by atoms with E-state index in [9.17, 15) is 4.79 Å². The summed E-state index contributed by atoms with van der Waals surface area (Å²) in [7, 11) is 3.73. The molecule has 1 amide bonds. The highest BCUT2D eigenvalue weighted by Gasteiger charge is 2.45. The van der Waals surface area contributed by atoms with Crippen molar-refractivity contribution in [2.24, 2.45) is 18.9 Å². The molecule has 160 valence electrons. The lowest BCUT2D eigenvalue weighted by molar-refractivity contribution is -0.0511. The Morgan fingerprint density at radius 1 is 1.07 bits per heavy atom. The molecule has 0 aliphatic carbocycles. The predicted molar refractivity (Wildman–Crippen MR) is 118 cm³/mol. The molecular weight excluding hydrogens is 374 g/mol. The Morgan fingerprint density at radius 2 is 1.87 bits per heavy atom. The van der Waals surface area contributed by atoms with Crippen LogP contribution in [0, 0.1) is 18.8 Å². The minimum atomic E-state index is 0.221. The fourth-order valence-electron chi connectivity index (χ4n) is 6.16. The normalized spacial score (nSPS) is 28.8. The molecule has 3 aliphatic heterocycles. The van der Waals surface area contributed by atoms with Crippen LogP contribution in [0.1, 0.15) is 53.3 Å². The molecule has 1 aromatic carbocycles. The lowest BCUT2D eigenvalue weighted by Gasteiger charge is -2.55. The summed E-state index contributed by atoms with van der Waals surface area (Å²) in [5, 5.41) is 0. The molecule has 0 N–H and O–H groups in total. The maximum absolute atomic E-state index is 13.3. The number of methoxy groups -OCH3 is 1. The van der Waals surface area contributed by atoms with E-state index in [0.717, 1.165) is 36.6 Å². The van der Waals surface area contributed by atoms with Gasteiger partial charge in [-0.15, -0.1) is 0 Å². The van der Waals surface area contributed by atoms with Gasteiger partial charge in [-0.25, -0.2) is 0 Å². The highest BCUT2D eigenvalue weighted by atomic mass is 16.5. The van der Waals surface area contributed by atoms with Crippen LogP contribution in [0.3, 0.4) is 0 Å². The van der Waals surface area contributed by atoms with Gasteiger partial charge in [0, 0.05) is 50.7 Å². The second-order valence-corrected chi connectivity index (χ2v) is 9.48. The van der Waals surface area contributed by atoms with Crippen molar-refractivity contribution in [3.8, 4) is 5.75 Å². The summed E-state index contributed by atoms with van der Waals surface area (Å²) in [4.78, 5) is 18.2. The average molecular weight is 408 g/mol. The zero-order valence-corrected chi connectivity index (χ0v) is 18.4. The SMILES string of the molecule is COc1ccc([C@H]2CCC[C@H]3[C@@H]4C[C@@H](CN(C(=O)c5ccn(C)c5C)C4)CN23)cc1. The highest BCUT2D eigenvalue weighted by Crippen LogP contribution is 2.44. The Balaban J connectivity index is 1.35. The van der Waals surface area contributed by atoms with E-state index in [1.165, 1.54) is 31.2 Å². The summed E-state index contributed by atoms with van der Waals surface area (Å²) in [5.41, 5.74) is 3.34. The number of hydrogen-bond acceptors (Lipinski definition) is 3. The summed E-state index contributed by atoms with van der Waals surface area (Å²) < 4.78 is 7.39. The van der Waals surface area contributed by atoms with Crippen LogP contribution in [0.2, 0.25) is 0 Å². The van der Waals surface area contributed by atoms with Crippen molar-refractivity contribution >= 4 is 5.91 Å². The quantitative estimate of drug-likeness (QED) is 0.771. The lowest BCUT2D eigenvalue weighted by Crippen LogP contribution is -2.60. The molecule has 4 atom stereocenters. The van der Waals surface area contributed by atoms with Gasteiger partial charge in [-0.1, -0.05) is 12.1 Å². The first-order valence-corrected chi connectivity index (χ1v) is 11.4. The molecule has 5 rings (SSSR count). The molecule has 5 nitrogen and oxygen atoms in total. The van der Waals surface area contributed by atoms with Gasteiger partial charge in [0.2, 0.25) is 0 Å². The van der Waals surface area contributed by atoms with Gasteiger partial charge >= 0.3 is 0 Å². The van der Waals surface area contributed by atoms with E-state index in [1.807, 2.05) is 30.8 Å².